The van der Waals surface area contributed by atoms with Crippen LogP contribution in [-0.2, 0) is 11.4 Å². The van der Waals surface area contributed by atoms with E-state index in [1.165, 1.54) is 40.9 Å². The molecule has 1 aliphatic heterocycles. The van der Waals surface area contributed by atoms with Crippen LogP contribution in [0.3, 0.4) is 0 Å². The Morgan fingerprint density at radius 2 is 1.86 bits per heavy atom. The molecule has 0 saturated carbocycles. The van der Waals surface area contributed by atoms with Crippen LogP contribution in [0.15, 0.2) is 76.6 Å². The number of carbonyl (C=O) groups excluding carboxylic acids is 1. The second-order valence-electron chi connectivity index (χ2n) is 7.78. The maximum Gasteiger partial charge on any atom is 0.335 e. The first-order chi connectivity index (χ1) is 17.3. The number of halogens is 1. The van der Waals surface area contributed by atoms with Crippen LogP contribution in [0.25, 0.3) is 6.08 Å². The fourth-order valence-corrected chi connectivity index (χ4v) is 4.35. The number of aliphatic imine (C=N–C) groups is 1. The van der Waals surface area contributed by atoms with Crippen molar-refractivity contribution in [3.63, 3.8) is 0 Å². The largest absolute Gasteiger partial charge is 0.490 e. The Bertz CT molecular complexity index is 1350. The topological polar surface area (TPSA) is 88.4 Å². The molecule has 0 unspecified atom stereocenters. The summed E-state index contributed by atoms with van der Waals surface area (Å²) in [7, 11) is 1.62. The van der Waals surface area contributed by atoms with Crippen LogP contribution in [-0.4, -0.2) is 40.7 Å². The number of amidine groups is 1. The summed E-state index contributed by atoms with van der Waals surface area (Å²) in [6.07, 6.45) is 1.74. The van der Waals surface area contributed by atoms with Gasteiger partial charge in [-0.2, -0.15) is 0 Å². The van der Waals surface area contributed by atoms with Crippen molar-refractivity contribution in [2.24, 2.45) is 4.99 Å². The van der Waals surface area contributed by atoms with Crippen molar-refractivity contribution in [1.29, 1.82) is 0 Å². The number of rotatable bonds is 8. The van der Waals surface area contributed by atoms with Crippen molar-refractivity contribution in [1.82, 2.24) is 4.90 Å². The molecule has 0 atom stereocenters. The Morgan fingerprint density at radius 1 is 1.08 bits per heavy atom. The zero-order chi connectivity index (χ0) is 25.7. The molecule has 4 rings (SSSR count). The number of hydrogen-bond donors (Lipinski definition) is 1. The quantitative estimate of drug-likeness (QED) is 0.392. The third kappa shape index (κ3) is 5.92. The summed E-state index contributed by atoms with van der Waals surface area (Å²) in [4.78, 5) is 30.4. The number of ether oxygens (including phenoxy) is 2. The fourth-order valence-electron chi connectivity index (χ4n) is 3.37. The predicted molar refractivity (Wildman–Crippen MR) is 137 cm³/mol. The predicted octanol–water partition coefficient (Wildman–Crippen LogP) is 5.74. The van der Waals surface area contributed by atoms with Crippen LogP contribution >= 0.6 is 11.8 Å². The standard InChI is InChI=1S/C27H23FN2O5S/c1-3-34-23-13-18(9-12-22(23)35-16-17-7-10-20(28)11-8-17)14-24-25(31)30(2)27(36-24)29-21-6-4-5-19(15-21)26(32)33/h4-15H,3,16H2,1-2H3,(H,32,33)/b24-14-,29-27?. The van der Waals surface area contributed by atoms with Crippen molar-refractivity contribution in [3.8, 4) is 11.5 Å². The Kier molecular flexibility index (Phi) is 7.70. The van der Waals surface area contributed by atoms with Crippen LogP contribution in [0.2, 0.25) is 0 Å². The molecule has 36 heavy (non-hydrogen) atoms. The van der Waals surface area contributed by atoms with E-state index in [4.69, 9.17) is 9.47 Å². The summed E-state index contributed by atoms with van der Waals surface area (Å²) in [6, 6.07) is 17.7. The summed E-state index contributed by atoms with van der Waals surface area (Å²) in [5.74, 6) is -0.513. The first-order valence-corrected chi connectivity index (χ1v) is 11.9. The van der Waals surface area contributed by atoms with Gasteiger partial charge in [-0.3, -0.25) is 9.69 Å². The minimum Gasteiger partial charge on any atom is -0.490 e. The Morgan fingerprint density at radius 3 is 2.58 bits per heavy atom. The Hall–Kier alpha value is -4.11. The molecule has 1 saturated heterocycles. The van der Waals surface area contributed by atoms with Gasteiger partial charge < -0.3 is 14.6 Å². The molecule has 0 bridgehead atoms. The molecule has 0 aromatic heterocycles. The number of hydrogen-bond acceptors (Lipinski definition) is 6. The molecular formula is C27H23FN2O5S. The van der Waals surface area contributed by atoms with E-state index in [2.05, 4.69) is 4.99 Å². The number of aromatic carboxylic acids is 1. The van der Waals surface area contributed by atoms with Gasteiger partial charge in [-0.15, -0.1) is 0 Å². The van der Waals surface area contributed by atoms with E-state index in [1.54, 1.807) is 49.5 Å². The number of nitrogens with zero attached hydrogens (tertiary/aromatic N) is 2. The van der Waals surface area contributed by atoms with Gasteiger partial charge in [0.1, 0.15) is 12.4 Å². The number of benzene rings is 3. The minimum absolute atomic E-state index is 0.120. The molecule has 9 heteroatoms. The maximum absolute atomic E-state index is 13.1. The van der Waals surface area contributed by atoms with Gasteiger partial charge in [0, 0.05) is 7.05 Å². The number of likely N-dealkylation sites (N-methyl/N-ethyl adjacent to an activating group) is 1. The highest BCUT2D eigenvalue weighted by Crippen LogP contribution is 2.35. The van der Waals surface area contributed by atoms with E-state index in [0.717, 1.165) is 11.1 Å². The van der Waals surface area contributed by atoms with Crippen molar-refractivity contribution in [2.75, 3.05) is 13.7 Å². The summed E-state index contributed by atoms with van der Waals surface area (Å²) < 4.78 is 24.8. The molecule has 0 spiro atoms. The first-order valence-electron chi connectivity index (χ1n) is 11.1. The molecule has 1 fully saturated rings. The summed E-state index contributed by atoms with van der Waals surface area (Å²) in [5.41, 5.74) is 2.13. The van der Waals surface area contributed by atoms with Crippen LogP contribution in [0.4, 0.5) is 10.1 Å². The Labute approximate surface area is 211 Å². The van der Waals surface area contributed by atoms with Gasteiger partial charge in [0.25, 0.3) is 5.91 Å². The van der Waals surface area contributed by atoms with Gasteiger partial charge in [-0.05, 0) is 78.4 Å². The molecule has 1 N–H and O–H groups in total. The second-order valence-corrected chi connectivity index (χ2v) is 8.79. The molecule has 3 aromatic rings. The lowest BCUT2D eigenvalue weighted by molar-refractivity contribution is -0.121. The number of amides is 1. The van der Waals surface area contributed by atoms with Crippen LogP contribution in [0.5, 0.6) is 11.5 Å². The average Bonchev–Trinajstić information content (AvgIpc) is 3.12. The SMILES string of the molecule is CCOc1cc(/C=C2\SC(=Nc3cccc(C(=O)O)c3)N(C)C2=O)ccc1OCc1ccc(F)cc1. The number of carbonyl (C=O) groups is 2. The van der Waals surface area contributed by atoms with Crippen molar-refractivity contribution >= 4 is 40.6 Å². The second kappa shape index (κ2) is 11.1. The van der Waals surface area contributed by atoms with E-state index < -0.39 is 5.97 Å². The highest BCUT2D eigenvalue weighted by molar-refractivity contribution is 8.18. The van der Waals surface area contributed by atoms with Gasteiger partial charge in [0.15, 0.2) is 16.7 Å². The fraction of sp³-hybridized carbons (Fsp3) is 0.148. The summed E-state index contributed by atoms with van der Waals surface area (Å²) >= 11 is 1.20. The molecule has 0 radical (unpaired) electrons. The van der Waals surface area contributed by atoms with Gasteiger partial charge in [0.2, 0.25) is 0 Å². The molecule has 184 valence electrons. The first kappa shape index (κ1) is 25.0. The highest BCUT2D eigenvalue weighted by Gasteiger charge is 2.30. The van der Waals surface area contributed by atoms with E-state index in [0.29, 0.717) is 33.9 Å². The smallest absolute Gasteiger partial charge is 0.335 e. The summed E-state index contributed by atoms with van der Waals surface area (Å²) in [6.45, 7) is 2.54. The van der Waals surface area contributed by atoms with Crippen molar-refractivity contribution in [2.45, 2.75) is 13.5 Å². The lowest BCUT2D eigenvalue weighted by Gasteiger charge is -2.13. The zero-order valence-electron chi connectivity index (χ0n) is 19.6. The van der Waals surface area contributed by atoms with E-state index >= 15 is 0 Å². The zero-order valence-corrected chi connectivity index (χ0v) is 20.4. The van der Waals surface area contributed by atoms with Crippen molar-refractivity contribution in [3.05, 3.63) is 94.1 Å². The van der Waals surface area contributed by atoms with Crippen LogP contribution in [0.1, 0.15) is 28.4 Å². The molecule has 1 aliphatic rings. The van der Waals surface area contributed by atoms with Gasteiger partial charge in [-0.25, -0.2) is 14.2 Å². The van der Waals surface area contributed by atoms with Gasteiger partial charge in [-0.1, -0.05) is 24.3 Å². The van der Waals surface area contributed by atoms with E-state index in [-0.39, 0.29) is 23.9 Å². The van der Waals surface area contributed by atoms with Crippen LogP contribution < -0.4 is 9.47 Å². The van der Waals surface area contributed by atoms with Crippen molar-refractivity contribution < 1.29 is 28.6 Å². The number of carboxylic acid groups (broad SMARTS) is 1. The number of carboxylic acids is 1. The molecule has 0 aliphatic carbocycles. The maximum atomic E-state index is 13.1. The van der Waals surface area contributed by atoms with Crippen LogP contribution in [0, 0.1) is 5.82 Å². The Balaban J connectivity index is 1.54. The molecular weight excluding hydrogens is 483 g/mol. The third-order valence-corrected chi connectivity index (χ3v) is 6.25. The summed E-state index contributed by atoms with van der Waals surface area (Å²) in [5, 5.41) is 9.63. The molecule has 1 amide bonds. The monoisotopic (exact) mass is 506 g/mol. The van der Waals surface area contributed by atoms with E-state index in [9.17, 15) is 19.1 Å². The van der Waals surface area contributed by atoms with E-state index in [1.807, 2.05) is 13.0 Å². The lowest BCUT2D eigenvalue weighted by Crippen LogP contribution is -2.23. The van der Waals surface area contributed by atoms with Gasteiger partial charge in [0.05, 0.1) is 22.8 Å². The lowest BCUT2D eigenvalue weighted by atomic mass is 10.1. The molecule has 1 heterocycles. The average molecular weight is 507 g/mol. The molecule has 7 nitrogen and oxygen atoms in total. The minimum atomic E-state index is -1.05. The molecule has 3 aromatic carbocycles. The van der Waals surface area contributed by atoms with Gasteiger partial charge >= 0.3 is 5.97 Å². The normalized spacial score (nSPS) is 15.5. The number of thioether (sulfide) groups is 1. The third-order valence-electron chi connectivity index (χ3n) is 5.19. The highest BCUT2D eigenvalue weighted by atomic mass is 32.2.